The predicted octanol–water partition coefficient (Wildman–Crippen LogP) is 4.28. The Morgan fingerprint density at radius 3 is 2.37 bits per heavy atom. The Kier molecular flexibility index (Phi) is 10.1. The molecule has 0 saturated heterocycles. The fourth-order valence-electron chi connectivity index (χ4n) is 3.63. The number of sulfonamides is 1. The number of amides is 2. The Bertz CT molecular complexity index is 1160. The molecule has 0 fully saturated rings. The molecule has 0 heterocycles. The number of nitrogens with one attached hydrogen (secondary N) is 1. The van der Waals surface area contributed by atoms with Crippen LogP contribution >= 0.6 is 11.6 Å². The second kappa shape index (κ2) is 12.4. The molecule has 0 saturated carbocycles. The van der Waals surface area contributed by atoms with Gasteiger partial charge in [-0.05, 0) is 57.9 Å². The van der Waals surface area contributed by atoms with Gasteiger partial charge in [-0.15, -0.1) is 0 Å². The van der Waals surface area contributed by atoms with Crippen LogP contribution in [-0.4, -0.2) is 50.0 Å². The van der Waals surface area contributed by atoms with Crippen molar-refractivity contribution < 1.29 is 22.4 Å². The number of nitrogens with zero attached hydrogens (tertiary/aromatic N) is 2. The third kappa shape index (κ3) is 8.21. The van der Waals surface area contributed by atoms with Crippen LogP contribution < -0.4 is 9.62 Å². The van der Waals surface area contributed by atoms with E-state index in [0.717, 1.165) is 11.8 Å². The van der Waals surface area contributed by atoms with Crippen LogP contribution in [0.3, 0.4) is 0 Å². The van der Waals surface area contributed by atoms with Crippen molar-refractivity contribution in [3.8, 4) is 0 Å². The summed E-state index contributed by atoms with van der Waals surface area (Å²) >= 11 is 6.08. The van der Waals surface area contributed by atoms with Gasteiger partial charge in [-0.3, -0.25) is 13.9 Å². The molecule has 10 heteroatoms. The second-order valence-electron chi connectivity index (χ2n) is 8.82. The zero-order valence-electron chi connectivity index (χ0n) is 20.7. The zero-order valence-corrected chi connectivity index (χ0v) is 22.3. The number of hydrogen-bond donors (Lipinski definition) is 1. The number of hydrogen-bond acceptors (Lipinski definition) is 4. The summed E-state index contributed by atoms with van der Waals surface area (Å²) in [6.45, 7) is 6.96. The van der Waals surface area contributed by atoms with Gasteiger partial charge in [0.05, 0.1) is 11.9 Å². The first-order chi connectivity index (χ1) is 16.3. The van der Waals surface area contributed by atoms with E-state index in [2.05, 4.69) is 5.32 Å². The van der Waals surface area contributed by atoms with Crippen molar-refractivity contribution in [3.05, 3.63) is 64.4 Å². The van der Waals surface area contributed by atoms with E-state index in [1.165, 1.54) is 15.3 Å². The molecule has 1 N–H and O–H groups in total. The highest BCUT2D eigenvalue weighted by atomic mass is 35.5. The summed E-state index contributed by atoms with van der Waals surface area (Å²) in [4.78, 5) is 27.2. The summed E-state index contributed by atoms with van der Waals surface area (Å²) in [5, 5.41) is 3.18. The van der Waals surface area contributed by atoms with Gasteiger partial charge >= 0.3 is 0 Å². The molecule has 35 heavy (non-hydrogen) atoms. The maximum atomic E-state index is 14.3. The highest BCUT2D eigenvalue weighted by Crippen LogP contribution is 2.27. The average molecular weight is 526 g/mol. The van der Waals surface area contributed by atoms with E-state index in [9.17, 15) is 22.4 Å². The van der Waals surface area contributed by atoms with Crippen molar-refractivity contribution >= 4 is 39.1 Å². The fraction of sp³-hybridized carbons (Fsp3) is 0.440. The van der Waals surface area contributed by atoms with Crippen LogP contribution in [0.4, 0.5) is 10.1 Å². The summed E-state index contributed by atoms with van der Waals surface area (Å²) in [5.41, 5.74) is 1.46. The molecule has 0 spiro atoms. The molecule has 2 rings (SSSR count). The minimum atomic E-state index is -3.64. The summed E-state index contributed by atoms with van der Waals surface area (Å²) in [5.74, 6) is -1.20. The third-order valence-electron chi connectivity index (χ3n) is 5.49. The first-order valence-electron chi connectivity index (χ1n) is 11.4. The molecule has 0 aromatic heterocycles. The molecule has 1 atom stereocenters. The topological polar surface area (TPSA) is 86.8 Å². The Hall–Kier alpha value is -2.65. The van der Waals surface area contributed by atoms with E-state index >= 15 is 0 Å². The number of rotatable bonds is 11. The van der Waals surface area contributed by atoms with Gasteiger partial charge < -0.3 is 10.2 Å². The largest absolute Gasteiger partial charge is 0.352 e. The van der Waals surface area contributed by atoms with Crippen molar-refractivity contribution in [1.29, 1.82) is 0 Å². The van der Waals surface area contributed by atoms with Crippen LogP contribution in [0.15, 0.2) is 42.5 Å². The molecule has 0 bridgehead atoms. The molecule has 0 radical (unpaired) electrons. The number of carbonyl (C=O) groups is 2. The lowest BCUT2D eigenvalue weighted by atomic mass is 10.1. The van der Waals surface area contributed by atoms with Crippen molar-refractivity contribution in [2.75, 3.05) is 17.1 Å². The minimum absolute atomic E-state index is 0.0284. The number of carbonyl (C=O) groups excluding carboxylic acids is 2. The Labute approximate surface area is 212 Å². The highest BCUT2D eigenvalue weighted by molar-refractivity contribution is 7.92. The number of halogens is 2. The molecule has 7 nitrogen and oxygen atoms in total. The predicted molar refractivity (Wildman–Crippen MR) is 137 cm³/mol. The smallest absolute Gasteiger partial charge is 0.242 e. The summed E-state index contributed by atoms with van der Waals surface area (Å²) in [6.07, 6.45) is 1.27. The number of anilines is 1. The molecular formula is C25H33ClFN3O4S. The molecule has 0 unspecified atom stereocenters. The van der Waals surface area contributed by atoms with Crippen LogP contribution in [0.5, 0.6) is 0 Å². The van der Waals surface area contributed by atoms with E-state index in [4.69, 9.17) is 11.6 Å². The van der Waals surface area contributed by atoms with Gasteiger partial charge in [-0.2, -0.15) is 0 Å². The fourth-order valence-corrected chi connectivity index (χ4v) is 4.81. The van der Waals surface area contributed by atoms with E-state index < -0.39 is 21.9 Å². The lowest BCUT2D eigenvalue weighted by Crippen LogP contribution is -2.49. The monoisotopic (exact) mass is 525 g/mol. The molecule has 0 aliphatic carbocycles. The van der Waals surface area contributed by atoms with Gasteiger partial charge in [0.15, 0.2) is 0 Å². The summed E-state index contributed by atoms with van der Waals surface area (Å²) in [7, 11) is -3.64. The molecule has 192 valence electrons. The maximum absolute atomic E-state index is 14.3. The molecule has 0 aliphatic rings. The molecule has 2 amide bonds. The summed E-state index contributed by atoms with van der Waals surface area (Å²) < 4.78 is 40.5. The van der Waals surface area contributed by atoms with Crippen molar-refractivity contribution in [1.82, 2.24) is 10.2 Å². The van der Waals surface area contributed by atoms with Gasteiger partial charge in [0.2, 0.25) is 21.8 Å². The van der Waals surface area contributed by atoms with E-state index in [1.807, 2.05) is 13.8 Å². The van der Waals surface area contributed by atoms with Gasteiger partial charge in [-0.25, -0.2) is 12.8 Å². The van der Waals surface area contributed by atoms with Crippen LogP contribution in [0.1, 0.15) is 44.7 Å². The van der Waals surface area contributed by atoms with E-state index in [-0.39, 0.29) is 49.4 Å². The molecular weight excluding hydrogens is 493 g/mol. The van der Waals surface area contributed by atoms with Gasteiger partial charge in [0, 0.05) is 36.1 Å². The van der Waals surface area contributed by atoms with Crippen molar-refractivity contribution in [2.24, 2.45) is 0 Å². The average Bonchev–Trinajstić information content (AvgIpc) is 2.76. The first-order valence-corrected chi connectivity index (χ1v) is 13.6. The van der Waals surface area contributed by atoms with E-state index in [0.29, 0.717) is 10.7 Å². The van der Waals surface area contributed by atoms with Gasteiger partial charge in [0.1, 0.15) is 11.9 Å². The van der Waals surface area contributed by atoms with Crippen LogP contribution in [0, 0.1) is 12.7 Å². The normalized spacial score (nSPS) is 12.3. The Morgan fingerprint density at radius 2 is 1.77 bits per heavy atom. The van der Waals surface area contributed by atoms with Crippen LogP contribution in [-0.2, 0) is 26.2 Å². The lowest BCUT2D eigenvalue weighted by molar-refractivity contribution is -0.140. The summed E-state index contributed by atoms with van der Waals surface area (Å²) in [6, 6.07) is 10.1. The Balaban J connectivity index is 2.22. The molecule has 2 aromatic rings. The lowest BCUT2D eigenvalue weighted by Gasteiger charge is -2.30. The maximum Gasteiger partial charge on any atom is 0.242 e. The Morgan fingerprint density at radius 1 is 1.11 bits per heavy atom. The highest BCUT2D eigenvalue weighted by Gasteiger charge is 2.28. The minimum Gasteiger partial charge on any atom is -0.352 e. The van der Waals surface area contributed by atoms with E-state index in [1.54, 1.807) is 50.2 Å². The third-order valence-corrected chi connectivity index (χ3v) is 6.90. The van der Waals surface area contributed by atoms with Gasteiger partial charge in [0.25, 0.3) is 0 Å². The number of aryl methyl sites for hydroxylation is 1. The quantitative estimate of drug-likeness (QED) is 0.474. The SMILES string of the molecule is Cc1ccc(Cl)cc1N(CCCC(=O)N(Cc1ccccc1F)[C@H](C)C(=O)NC(C)C)S(C)(=O)=O. The van der Waals surface area contributed by atoms with Crippen molar-refractivity contribution in [2.45, 2.75) is 59.2 Å². The second-order valence-corrected chi connectivity index (χ2v) is 11.2. The molecule has 0 aliphatic heterocycles. The molecule has 2 aromatic carbocycles. The van der Waals surface area contributed by atoms with Crippen molar-refractivity contribution in [3.63, 3.8) is 0 Å². The first kappa shape index (κ1) is 28.6. The standard InChI is InChI=1S/C25H33ClFN3O4S/c1-17(2)28-25(32)19(4)29(16-20-9-6-7-10-22(20)27)24(31)11-8-14-30(35(5,33)34)23-15-21(26)13-12-18(23)3/h6-7,9-10,12-13,15,17,19H,8,11,14,16H2,1-5H3,(H,28,32)/t19-/m1/s1. The van der Waals surface area contributed by atoms with Crippen LogP contribution in [0.2, 0.25) is 5.02 Å². The van der Waals surface area contributed by atoms with Crippen LogP contribution in [0.25, 0.3) is 0 Å². The van der Waals surface area contributed by atoms with Gasteiger partial charge in [-0.1, -0.05) is 35.9 Å². The number of benzene rings is 2. The zero-order chi connectivity index (χ0) is 26.3.